The number of nitrogens with zero attached hydrogens (tertiary/aromatic N) is 2. The van der Waals surface area contributed by atoms with Gasteiger partial charge in [-0.2, -0.15) is 0 Å². The van der Waals surface area contributed by atoms with Crippen LogP contribution in [0.3, 0.4) is 0 Å². The maximum Gasteiger partial charge on any atom is 0.263 e. The van der Waals surface area contributed by atoms with E-state index in [9.17, 15) is 14.4 Å². The van der Waals surface area contributed by atoms with E-state index in [4.69, 9.17) is 4.98 Å². The maximum atomic E-state index is 13.5. The number of amides is 2. The van der Waals surface area contributed by atoms with E-state index in [0.29, 0.717) is 29.0 Å². The summed E-state index contributed by atoms with van der Waals surface area (Å²) >= 11 is 2.92. The van der Waals surface area contributed by atoms with Gasteiger partial charge in [-0.1, -0.05) is 31.7 Å². The quantitative estimate of drug-likeness (QED) is 0.334. The minimum absolute atomic E-state index is 0.0240. The lowest BCUT2D eigenvalue weighted by molar-refractivity contribution is -0.114. The average Bonchev–Trinajstić information content (AvgIpc) is 3.15. The number of hydrogen-bond donors (Lipinski definition) is 2. The van der Waals surface area contributed by atoms with Crippen LogP contribution in [0.1, 0.15) is 50.5 Å². The van der Waals surface area contributed by atoms with Gasteiger partial charge in [-0.25, -0.2) is 4.98 Å². The third-order valence-electron chi connectivity index (χ3n) is 5.77. The predicted octanol–water partition coefficient (Wildman–Crippen LogP) is 5.07. The van der Waals surface area contributed by atoms with Crippen LogP contribution in [0.25, 0.3) is 10.2 Å². The Bertz CT molecular complexity index is 1280. The Morgan fingerprint density at radius 2 is 1.91 bits per heavy atom. The van der Waals surface area contributed by atoms with Gasteiger partial charge in [0.25, 0.3) is 5.56 Å². The number of carbonyl (C=O) groups excluding carboxylic acids is 2. The molecule has 0 unspecified atom stereocenters. The molecule has 1 aliphatic carbocycles. The molecule has 0 aliphatic heterocycles. The number of hydrogen-bond acceptors (Lipinski definition) is 6. The highest BCUT2D eigenvalue weighted by atomic mass is 32.2. The van der Waals surface area contributed by atoms with Gasteiger partial charge in [-0.15, -0.1) is 11.3 Å². The molecule has 1 aromatic carbocycles. The number of benzene rings is 1. The van der Waals surface area contributed by atoms with Gasteiger partial charge in [0.1, 0.15) is 4.83 Å². The van der Waals surface area contributed by atoms with Gasteiger partial charge < -0.3 is 10.6 Å². The van der Waals surface area contributed by atoms with E-state index >= 15 is 0 Å². The van der Waals surface area contributed by atoms with E-state index in [-0.39, 0.29) is 23.1 Å². The van der Waals surface area contributed by atoms with Crippen LogP contribution in [-0.4, -0.2) is 27.1 Å². The molecule has 1 aliphatic rings. The van der Waals surface area contributed by atoms with Crippen LogP contribution in [0.4, 0.5) is 11.4 Å². The number of thiophene rings is 1. The van der Waals surface area contributed by atoms with Crippen molar-refractivity contribution in [2.24, 2.45) is 5.92 Å². The first kappa shape index (κ1) is 24.5. The van der Waals surface area contributed by atoms with Crippen molar-refractivity contribution in [3.05, 3.63) is 45.1 Å². The minimum Gasteiger partial charge on any atom is -0.326 e. The molecule has 4 rings (SSSR count). The summed E-state index contributed by atoms with van der Waals surface area (Å²) in [6.45, 7) is 6.30. The molecule has 0 fully saturated rings. The molecule has 0 spiro atoms. The lowest BCUT2D eigenvalue weighted by Crippen LogP contribution is -2.25. The monoisotopic (exact) mass is 498 g/mol. The lowest BCUT2D eigenvalue weighted by atomic mass is 9.97. The Balaban J connectivity index is 1.55. The van der Waals surface area contributed by atoms with Crippen molar-refractivity contribution in [3.8, 4) is 0 Å². The molecule has 34 heavy (non-hydrogen) atoms. The zero-order valence-corrected chi connectivity index (χ0v) is 21.4. The second-order valence-electron chi connectivity index (χ2n) is 9.02. The summed E-state index contributed by atoms with van der Waals surface area (Å²) in [6.07, 6.45) is 5.11. The van der Waals surface area contributed by atoms with Crippen molar-refractivity contribution >= 4 is 56.5 Å². The molecule has 2 heterocycles. The summed E-state index contributed by atoms with van der Waals surface area (Å²) < 4.78 is 1.76. The predicted molar refractivity (Wildman–Crippen MR) is 140 cm³/mol. The molecule has 180 valence electrons. The fourth-order valence-electron chi connectivity index (χ4n) is 4.12. The molecule has 2 N–H and O–H groups in total. The number of rotatable bonds is 8. The van der Waals surface area contributed by atoms with Gasteiger partial charge in [0, 0.05) is 29.7 Å². The topological polar surface area (TPSA) is 93.1 Å². The van der Waals surface area contributed by atoms with Crippen LogP contribution in [0.5, 0.6) is 0 Å². The van der Waals surface area contributed by atoms with Crippen LogP contribution < -0.4 is 16.2 Å². The summed E-state index contributed by atoms with van der Waals surface area (Å²) in [6, 6.07) is 7.01. The number of carbonyl (C=O) groups is 2. The molecule has 0 saturated carbocycles. The number of aromatic nitrogens is 2. The SMILES string of the molecule is CC(=O)Nc1cccc(NC(=O)CSc2nc3sc4c(c3c(=O)n2CCC(C)C)CCCC4)c1. The van der Waals surface area contributed by atoms with Crippen molar-refractivity contribution in [2.45, 2.75) is 64.6 Å². The largest absolute Gasteiger partial charge is 0.326 e. The zero-order chi connectivity index (χ0) is 24.2. The standard InChI is InChI=1S/C25H30N4O3S2/c1-15(2)11-12-29-24(32)22-19-9-4-5-10-20(19)34-23(22)28-25(29)33-14-21(31)27-18-8-6-7-17(13-18)26-16(3)30/h6-8,13,15H,4-5,9-12,14H2,1-3H3,(H,26,30)(H,27,31). The molecule has 2 amide bonds. The molecule has 0 radical (unpaired) electrons. The Kier molecular flexibility index (Phi) is 7.73. The first-order valence-electron chi connectivity index (χ1n) is 11.7. The zero-order valence-electron chi connectivity index (χ0n) is 19.8. The molecular weight excluding hydrogens is 468 g/mol. The van der Waals surface area contributed by atoms with E-state index in [2.05, 4.69) is 24.5 Å². The van der Waals surface area contributed by atoms with Gasteiger partial charge in [0.05, 0.1) is 11.1 Å². The van der Waals surface area contributed by atoms with Crippen LogP contribution in [0.2, 0.25) is 0 Å². The van der Waals surface area contributed by atoms with Crippen LogP contribution in [0.15, 0.2) is 34.2 Å². The molecule has 0 saturated heterocycles. The van der Waals surface area contributed by atoms with Crippen LogP contribution in [-0.2, 0) is 29.0 Å². The normalized spacial score (nSPS) is 13.2. The van der Waals surface area contributed by atoms with Crippen LogP contribution in [0, 0.1) is 5.92 Å². The second kappa shape index (κ2) is 10.7. The highest BCUT2D eigenvalue weighted by Gasteiger charge is 2.22. The van der Waals surface area contributed by atoms with Crippen molar-refractivity contribution in [3.63, 3.8) is 0 Å². The fraction of sp³-hybridized carbons (Fsp3) is 0.440. The Hall–Kier alpha value is -2.65. The van der Waals surface area contributed by atoms with Crippen molar-refractivity contribution in [2.75, 3.05) is 16.4 Å². The molecule has 2 aromatic heterocycles. The van der Waals surface area contributed by atoms with E-state index in [1.165, 1.54) is 29.1 Å². The number of anilines is 2. The van der Waals surface area contributed by atoms with Gasteiger partial charge >= 0.3 is 0 Å². The van der Waals surface area contributed by atoms with E-state index < -0.39 is 0 Å². The molecule has 3 aromatic rings. The highest BCUT2D eigenvalue weighted by molar-refractivity contribution is 7.99. The average molecular weight is 499 g/mol. The second-order valence-corrected chi connectivity index (χ2v) is 11.0. The number of thioether (sulfide) groups is 1. The van der Waals surface area contributed by atoms with E-state index in [0.717, 1.165) is 42.3 Å². The van der Waals surface area contributed by atoms with Gasteiger partial charge in [-0.3, -0.25) is 19.0 Å². The summed E-state index contributed by atoms with van der Waals surface area (Å²) in [5.41, 5.74) is 2.43. The summed E-state index contributed by atoms with van der Waals surface area (Å²) in [7, 11) is 0. The van der Waals surface area contributed by atoms with Gasteiger partial charge in [0.15, 0.2) is 5.16 Å². The van der Waals surface area contributed by atoms with Crippen molar-refractivity contribution in [1.29, 1.82) is 0 Å². The summed E-state index contributed by atoms with van der Waals surface area (Å²) in [5.74, 6) is 0.223. The Morgan fingerprint density at radius 3 is 2.65 bits per heavy atom. The molecule has 7 nitrogen and oxygen atoms in total. The smallest absolute Gasteiger partial charge is 0.263 e. The third-order valence-corrected chi connectivity index (χ3v) is 7.93. The molecule has 0 atom stereocenters. The third kappa shape index (κ3) is 5.70. The summed E-state index contributed by atoms with van der Waals surface area (Å²) in [5, 5.41) is 6.95. The lowest BCUT2D eigenvalue weighted by Gasteiger charge is -2.14. The number of nitrogens with one attached hydrogen (secondary N) is 2. The van der Waals surface area contributed by atoms with Gasteiger partial charge in [0.2, 0.25) is 11.8 Å². The molecule has 9 heteroatoms. The maximum absolute atomic E-state index is 13.5. The Labute approximate surface area is 207 Å². The molecular formula is C25H30N4O3S2. The van der Waals surface area contributed by atoms with Crippen LogP contribution >= 0.6 is 23.1 Å². The van der Waals surface area contributed by atoms with Gasteiger partial charge in [-0.05, 0) is 61.8 Å². The highest BCUT2D eigenvalue weighted by Crippen LogP contribution is 2.34. The molecule has 0 bridgehead atoms. The number of aryl methyl sites for hydroxylation is 2. The number of fused-ring (bicyclic) bond motifs is 3. The summed E-state index contributed by atoms with van der Waals surface area (Å²) in [4.78, 5) is 44.4. The van der Waals surface area contributed by atoms with Crippen molar-refractivity contribution < 1.29 is 9.59 Å². The van der Waals surface area contributed by atoms with E-state index in [1.54, 1.807) is 40.2 Å². The fourth-order valence-corrected chi connectivity index (χ4v) is 6.25. The minimum atomic E-state index is -0.194. The van der Waals surface area contributed by atoms with Crippen molar-refractivity contribution in [1.82, 2.24) is 9.55 Å². The first-order valence-corrected chi connectivity index (χ1v) is 13.5. The Morgan fingerprint density at radius 1 is 1.18 bits per heavy atom. The van der Waals surface area contributed by atoms with E-state index in [1.807, 2.05) is 0 Å². The first-order chi connectivity index (χ1) is 16.3.